The number of nitrogens with two attached hydrogens (primary N) is 1. The summed E-state index contributed by atoms with van der Waals surface area (Å²) in [6, 6.07) is 5.13. The van der Waals surface area contributed by atoms with Gasteiger partial charge in [0.15, 0.2) is 11.5 Å². The van der Waals surface area contributed by atoms with Gasteiger partial charge in [-0.3, -0.25) is 14.5 Å². The predicted octanol–water partition coefficient (Wildman–Crippen LogP) is 2.66. The molecule has 0 bridgehead atoms. The number of amides is 2. The fourth-order valence-electron chi connectivity index (χ4n) is 4.14. The molecule has 35 heavy (non-hydrogen) atoms. The van der Waals surface area contributed by atoms with E-state index < -0.39 is 5.91 Å². The van der Waals surface area contributed by atoms with Crippen LogP contribution in [0, 0.1) is 0 Å². The van der Waals surface area contributed by atoms with E-state index in [1.807, 2.05) is 30.7 Å². The highest BCUT2D eigenvalue weighted by Crippen LogP contribution is 2.23. The molecule has 2 aliphatic rings. The Labute approximate surface area is 215 Å². The molecule has 1 aromatic carbocycles. The van der Waals surface area contributed by atoms with Gasteiger partial charge in [-0.2, -0.15) is 4.98 Å². The van der Waals surface area contributed by atoms with Crippen LogP contribution in [-0.2, 0) is 11.3 Å². The van der Waals surface area contributed by atoms with E-state index >= 15 is 0 Å². The number of likely N-dealkylation sites (tertiary alicyclic amines) is 1. The van der Waals surface area contributed by atoms with Crippen molar-refractivity contribution in [1.29, 1.82) is 0 Å². The number of carbonyl (C=O) groups excluding carboxylic acids is 2. The minimum absolute atomic E-state index is 0.0280. The Balaban J connectivity index is 0.00000167. The molecule has 0 saturated carbocycles. The van der Waals surface area contributed by atoms with Crippen LogP contribution in [0.25, 0.3) is 0 Å². The lowest BCUT2D eigenvalue weighted by atomic mass is 10.2. The van der Waals surface area contributed by atoms with Crippen molar-refractivity contribution in [1.82, 2.24) is 25.0 Å². The largest absolute Gasteiger partial charge is 0.364 e. The molecule has 2 aliphatic heterocycles. The normalized spacial score (nSPS) is 18.1. The van der Waals surface area contributed by atoms with E-state index in [2.05, 4.69) is 25.4 Å². The van der Waals surface area contributed by atoms with E-state index in [1.54, 1.807) is 18.2 Å². The van der Waals surface area contributed by atoms with E-state index in [4.69, 9.17) is 28.9 Å². The van der Waals surface area contributed by atoms with Crippen LogP contribution in [0.5, 0.6) is 0 Å². The monoisotopic (exact) mass is 522 g/mol. The number of aromatic nitrogens is 3. The first-order valence-electron chi connectivity index (χ1n) is 11.8. The maximum Gasteiger partial charge on any atom is 0.273 e. The molecule has 1 atom stereocenters. The highest BCUT2D eigenvalue weighted by atomic mass is 35.5. The predicted molar refractivity (Wildman–Crippen MR) is 138 cm³/mol. The molecule has 2 saturated heterocycles. The maximum absolute atomic E-state index is 12.8. The number of likely N-dealkylation sites (N-methyl/N-ethyl adjacent to an activating group) is 1. The first-order chi connectivity index (χ1) is 16.8. The Morgan fingerprint density at radius 1 is 1.11 bits per heavy atom. The lowest BCUT2D eigenvalue weighted by Crippen LogP contribution is -2.53. The number of benzene rings is 1. The van der Waals surface area contributed by atoms with Gasteiger partial charge in [-0.1, -0.05) is 43.1 Å². The summed E-state index contributed by atoms with van der Waals surface area (Å²) in [4.78, 5) is 35.1. The quantitative estimate of drug-likeness (QED) is 0.593. The van der Waals surface area contributed by atoms with Crippen LogP contribution in [0.2, 0.25) is 10.0 Å². The summed E-state index contributed by atoms with van der Waals surface area (Å²) < 4.78 is 0. The van der Waals surface area contributed by atoms with Gasteiger partial charge in [0.25, 0.3) is 5.91 Å². The van der Waals surface area contributed by atoms with Crippen LogP contribution in [0.1, 0.15) is 42.7 Å². The molecule has 0 spiro atoms. The summed E-state index contributed by atoms with van der Waals surface area (Å²) in [6.45, 7) is 7.55. The molecule has 2 amide bonds. The van der Waals surface area contributed by atoms with Crippen molar-refractivity contribution in [3.63, 3.8) is 0 Å². The summed E-state index contributed by atoms with van der Waals surface area (Å²) in [7, 11) is 2.00. The number of rotatable bonds is 6. The van der Waals surface area contributed by atoms with E-state index in [9.17, 15) is 9.59 Å². The molecule has 190 valence electrons. The van der Waals surface area contributed by atoms with Crippen molar-refractivity contribution in [2.45, 2.75) is 39.3 Å². The molecule has 1 aromatic heterocycles. The lowest BCUT2D eigenvalue weighted by Gasteiger charge is -2.36. The van der Waals surface area contributed by atoms with Crippen LogP contribution >= 0.6 is 23.2 Å². The summed E-state index contributed by atoms with van der Waals surface area (Å²) >= 11 is 12.2. The fourth-order valence-corrected chi connectivity index (χ4v) is 4.62. The number of carbonyl (C=O) groups is 2. The lowest BCUT2D eigenvalue weighted by molar-refractivity contribution is -0.135. The standard InChI is InChI=1S/C21H26Cl2N8O2.C2H6/c1-29-6-2-3-16(29)20(33)30-7-9-31(10-8-30)21-26-19(17(18(24)32)27-28-21)25-12-13-4-5-14(22)11-15(13)23;1-2/h4-5,11,16H,2-3,6-10,12H2,1H3,(H2,24,32)(H,25,26,28);1-2H3/t16-;/m0./s1. The number of anilines is 2. The zero-order valence-electron chi connectivity index (χ0n) is 20.3. The number of primary amides is 1. The number of piperazine rings is 1. The first kappa shape index (κ1) is 26.9. The number of halogens is 2. The number of nitrogens with zero attached hydrogens (tertiary/aromatic N) is 6. The van der Waals surface area contributed by atoms with E-state index in [0.717, 1.165) is 24.9 Å². The third-order valence-corrected chi connectivity index (χ3v) is 6.64. The average Bonchev–Trinajstić information content (AvgIpc) is 3.30. The molecule has 4 rings (SSSR count). The summed E-state index contributed by atoms with van der Waals surface area (Å²) in [6.07, 6.45) is 1.96. The molecule has 2 aromatic rings. The van der Waals surface area contributed by atoms with Crippen LogP contribution in [0.3, 0.4) is 0 Å². The number of hydrogen-bond donors (Lipinski definition) is 2. The van der Waals surface area contributed by atoms with Crippen molar-refractivity contribution in [2.75, 3.05) is 50.0 Å². The van der Waals surface area contributed by atoms with Gasteiger partial charge in [0.2, 0.25) is 11.9 Å². The van der Waals surface area contributed by atoms with Gasteiger partial charge in [-0.15, -0.1) is 10.2 Å². The van der Waals surface area contributed by atoms with Gasteiger partial charge >= 0.3 is 0 Å². The average molecular weight is 523 g/mol. The number of nitrogens with one attached hydrogen (secondary N) is 1. The van der Waals surface area contributed by atoms with Crippen molar-refractivity contribution >= 4 is 46.8 Å². The molecule has 3 N–H and O–H groups in total. The van der Waals surface area contributed by atoms with Gasteiger partial charge in [-0.05, 0) is 44.1 Å². The third kappa shape index (κ3) is 6.50. The number of hydrogen-bond acceptors (Lipinski definition) is 8. The molecule has 0 radical (unpaired) electrons. The van der Waals surface area contributed by atoms with Gasteiger partial charge in [-0.25, -0.2) is 0 Å². The van der Waals surface area contributed by atoms with E-state index in [-0.39, 0.29) is 23.5 Å². The van der Waals surface area contributed by atoms with Gasteiger partial charge in [0.05, 0.1) is 6.04 Å². The maximum atomic E-state index is 12.8. The van der Waals surface area contributed by atoms with Crippen molar-refractivity contribution in [2.24, 2.45) is 5.73 Å². The first-order valence-corrected chi connectivity index (χ1v) is 12.6. The van der Waals surface area contributed by atoms with Gasteiger partial charge in [0, 0.05) is 42.8 Å². The van der Waals surface area contributed by atoms with Crippen LogP contribution in [0.15, 0.2) is 18.2 Å². The molecular weight excluding hydrogens is 491 g/mol. The highest BCUT2D eigenvalue weighted by molar-refractivity contribution is 6.35. The Bertz CT molecular complexity index is 1050. The fraction of sp³-hybridized carbons (Fsp3) is 0.522. The molecule has 12 heteroatoms. The minimum atomic E-state index is -0.734. The van der Waals surface area contributed by atoms with Crippen LogP contribution in [-0.4, -0.2) is 82.6 Å². The molecule has 10 nitrogen and oxygen atoms in total. The SMILES string of the molecule is CC.CN1CCC[C@H]1C(=O)N1CCN(c2nnc(C(N)=O)c(NCc3ccc(Cl)cc3Cl)n2)CC1. The smallest absolute Gasteiger partial charge is 0.273 e. The summed E-state index contributed by atoms with van der Waals surface area (Å²) in [5.41, 5.74) is 6.18. The zero-order chi connectivity index (χ0) is 25.5. The minimum Gasteiger partial charge on any atom is -0.364 e. The Morgan fingerprint density at radius 3 is 2.43 bits per heavy atom. The molecule has 0 aliphatic carbocycles. The highest BCUT2D eigenvalue weighted by Gasteiger charge is 2.33. The third-order valence-electron chi connectivity index (χ3n) is 6.05. The molecule has 2 fully saturated rings. The van der Waals surface area contributed by atoms with E-state index in [0.29, 0.717) is 48.7 Å². The summed E-state index contributed by atoms with van der Waals surface area (Å²) in [5.74, 6) is 0.0433. The van der Waals surface area contributed by atoms with Crippen LogP contribution in [0.4, 0.5) is 11.8 Å². The van der Waals surface area contributed by atoms with Gasteiger partial charge in [0.1, 0.15) is 0 Å². The topological polar surface area (TPSA) is 121 Å². The molecular formula is C23H32Cl2N8O2. The van der Waals surface area contributed by atoms with Crippen molar-refractivity contribution in [3.8, 4) is 0 Å². The Kier molecular flexibility index (Phi) is 9.47. The second kappa shape index (κ2) is 12.3. The van der Waals surface area contributed by atoms with Gasteiger partial charge < -0.3 is 20.9 Å². The Morgan fingerprint density at radius 2 is 1.83 bits per heavy atom. The van der Waals surface area contributed by atoms with E-state index in [1.165, 1.54) is 0 Å². The second-order valence-corrected chi connectivity index (χ2v) is 9.06. The molecule has 3 heterocycles. The Hall–Kier alpha value is -2.69. The zero-order valence-corrected chi connectivity index (χ0v) is 21.8. The van der Waals surface area contributed by atoms with Crippen molar-refractivity contribution in [3.05, 3.63) is 39.5 Å². The van der Waals surface area contributed by atoms with Crippen LogP contribution < -0.4 is 16.0 Å². The molecule has 0 unspecified atom stereocenters. The summed E-state index contributed by atoms with van der Waals surface area (Å²) in [5, 5.41) is 12.2. The second-order valence-electron chi connectivity index (χ2n) is 8.21. The van der Waals surface area contributed by atoms with Crippen molar-refractivity contribution < 1.29 is 9.59 Å².